The van der Waals surface area contributed by atoms with Crippen LogP contribution in [0.4, 0.5) is 11.4 Å². The number of ether oxygens (including phenoxy) is 1. The van der Waals surface area contributed by atoms with Gasteiger partial charge in [-0.2, -0.15) is 0 Å². The molecule has 154 valence electrons. The monoisotopic (exact) mass is 405 g/mol. The van der Waals surface area contributed by atoms with Crippen LogP contribution in [0, 0.1) is 23.7 Å². The summed E-state index contributed by atoms with van der Waals surface area (Å²) in [6, 6.07) is 13.6. The van der Waals surface area contributed by atoms with Crippen molar-refractivity contribution in [2.24, 2.45) is 23.7 Å². The number of allylic oxidation sites excluding steroid dienone is 2. The van der Waals surface area contributed by atoms with Crippen LogP contribution in [0.1, 0.15) is 16.8 Å². The number of carboxylic acids is 1. The number of fused-ring (bicyclic) bond motifs is 2. The number of carbonyl (C=O) groups is 3. The number of anilines is 2. The van der Waals surface area contributed by atoms with E-state index in [1.165, 1.54) is 7.11 Å². The molecule has 4 rings (SSSR count). The van der Waals surface area contributed by atoms with E-state index in [0.717, 1.165) is 0 Å². The van der Waals surface area contributed by atoms with E-state index in [1.54, 1.807) is 42.5 Å². The zero-order valence-electron chi connectivity index (χ0n) is 16.3. The van der Waals surface area contributed by atoms with Crippen molar-refractivity contribution in [1.29, 1.82) is 0 Å². The van der Waals surface area contributed by atoms with Crippen molar-refractivity contribution in [3.63, 3.8) is 0 Å². The first-order valence-electron chi connectivity index (χ1n) is 9.72. The van der Waals surface area contributed by atoms with Gasteiger partial charge in [0.25, 0.3) is 5.91 Å². The molecule has 2 aliphatic rings. The number of aliphatic carboxylic acids is 1. The van der Waals surface area contributed by atoms with E-state index >= 15 is 0 Å². The standard InChI is InChI=1S/C23H22N2O5/c1-30-18-12-16(9-10-17(18)25-21(26)13-5-3-2-4-6-13)24-22(27)19-14-7-8-15(11-14)20(19)23(28)29/h2-10,12,14-15,19-20H,11H2,1H3,(H,24,27)(H,25,26)(H,28,29)/p-1/t14-,15+,19+,20+/m0/s1. The number of hydrogen-bond donors (Lipinski definition) is 2. The topological polar surface area (TPSA) is 108 Å². The Balaban J connectivity index is 1.49. The van der Waals surface area contributed by atoms with Crippen molar-refractivity contribution < 1.29 is 24.2 Å². The Hall–Kier alpha value is -3.61. The van der Waals surface area contributed by atoms with Gasteiger partial charge in [-0.25, -0.2) is 0 Å². The zero-order chi connectivity index (χ0) is 21.3. The van der Waals surface area contributed by atoms with Gasteiger partial charge in [-0.1, -0.05) is 30.4 Å². The van der Waals surface area contributed by atoms with Gasteiger partial charge in [0.15, 0.2) is 0 Å². The molecule has 2 aromatic carbocycles. The number of hydrogen-bond acceptors (Lipinski definition) is 5. The fourth-order valence-corrected chi connectivity index (χ4v) is 4.38. The summed E-state index contributed by atoms with van der Waals surface area (Å²) in [4.78, 5) is 36.7. The third-order valence-electron chi connectivity index (χ3n) is 5.79. The lowest BCUT2D eigenvalue weighted by Crippen LogP contribution is -2.42. The van der Waals surface area contributed by atoms with E-state index < -0.39 is 17.8 Å². The van der Waals surface area contributed by atoms with Gasteiger partial charge >= 0.3 is 0 Å². The zero-order valence-corrected chi connectivity index (χ0v) is 16.3. The highest BCUT2D eigenvalue weighted by Gasteiger charge is 2.48. The van der Waals surface area contributed by atoms with Crippen molar-refractivity contribution in [3.05, 3.63) is 66.2 Å². The fourth-order valence-electron chi connectivity index (χ4n) is 4.38. The van der Waals surface area contributed by atoms with Gasteiger partial charge in [-0.05, 0) is 42.5 Å². The van der Waals surface area contributed by atoms with Crippen molar-refractivity contribution in [2.45, 2.75) is 6.42 Å². The molecule has 2 N–H and O–H groups in total. The van der Waals surface area contributed by atoms with Crippen molar-refractivity contribution in [3.8, 4) is 5.75 Å². The smallest absolute Gasteiger partial charge is 0.255 e. The molecule has 0 aliphatic heterocycles. The van der Waals surface area contributed by atoms with Crippen molar-refractivity contribution in [1.82, 2.24) is 0 Å². The molecule has 0 unspecified atom stereocenters. The van der Waals surface area contributed by atoms with Crippen LogP contribution < -0.4 is 20.5 Å². The lowest BCUT2D eigenvalue weighted by atomic mass is 9.82. The average molecular weight is 405 g/mol. The van der Waals surface area contributed by atoms with Gasteiger partial charge in [0.05, 0.1) is 18.7 Å². The molecular formula is C23H21N2O5-. The van der Waals surface area contributed by atoms with Crippen LogP contribution in [0.3, 0.4) is 0 Å². The molecule has 7 heteroatoms. The maximum atomic E-state index is 12.8. The molecule has 7 nitrogen and oxygen atoms in total. The van der Waals surface area contributed by atoms with Crippen LogP contribution >= 0.6 is 0 Å². The molecule has 2 bridgehead atoms. The summed E-state index contributed by atoms with van der Waals surface area (Å²) >= 11 is 0. The summed E-state index contributed by atoms with van der Waals surface area (Å²) in [5.74, 6) is -3.17. The summed E-state index contributed by atoms with van der Waals surface area (Å²) in [6.45, 7) is 0. The second kappa shape index (κ2) is 8.02. The predicted molar refractivity (Wildman–Crippen MR) is 109 cm³/mol. The molecule has 0 radical (unpaired) electrons. The quantitative estimate of drug-likeness (QED) is 0.716. The first-order valence-corrected chi connectivity index (χ1v) is 9.72. The van der Waals surface area contributed by atoms with Crippen LogP contribution in [0.2, 0.25) is 0 Å². The summed E-state index contributed by atoms with van der Waals surface area (Å²) < 4.78 is 5.36. The van der Waals surface area contributed by atoms with Crippen LogP contribution in [-0.2, 0) is 9.59 Å². The number of carboxylic acid groups (broad SMARTS) is 1. The molecule has 0 heterocycles. The predicted octanol–water partition coefficient (Wildman–Crippen LogP) is 2.07. The molecule has 2 aliphatic carbocycles. The molecule has 1 fully saturated rings. The Morgan fingerprint density at radius 2 is 1.67 bits per heavy atom. The number of benzene rings is 2. The molecule has 2 aromatic rings. The molecule has 4 atom stereocenters. The number of nitrogens with one attached hydrogen (secondary N) is 2. The third-order valence-corrected chi connectivity index (χ3v) is 5.79. The van der Waals surface area contributed by atoms with E-state index in [1.807, 2.05) is 18.2 Å². The second-order valence-corrected chi connectivity index (χ2v) is 7.54. The van der Waals surface area contributed by atoms with Gasteiger partial charge in [-0.3, -0.25) is 9.59 Å². The largest absolute Gasteiger partial charge is 0.550 e. The Labute approximate surface area is 173 Å². The average Bonchev–Trinajstić information content (AvgIpc) is 3.37. The lowest BCUT2D eigenvalue weighted by molar-refractivity contribution is -0.313. The van der Waals surface area contributed by atoms with E-state index in [0.29, 0.717) is 29.1 Å². The minimum absolute atomic E-state index is 0.0933. The van der Waals surface area contributed by atoms with Crippen LogP contribution in [0.25, 0.3) is 0 Å². The van der Waals surface area contributed by atoms with E-state index in [9.17, 15) is 19.5 Å². The van der Waals surface area contributed by atoms with Crippen molar-refractivity contribution in [2.75, 3.05) is 17.7 Å². The Morgan fingerprint density at radius 3 is 2.33 bits per heavy atom. The van der Waals surface area contributed by atoms with Crippen LogP contribution in [0.15, 0.2) is 60.7 Å². The number of carbonyl (C=O) groups excluding carboxylic acids is 3. The highest BCUT2D eigenvalue weighted by molar-refractivity contribution is 6.05. The number of rotatable bonds is 6. The molecule has 0 aromatic heterocycles. The molecule has 0 saturated heterocycles. The molecule has 30 heavy (non-hydrogen) atoms. The van der Waals surface area contributed by atoms with E-state index in [2.05, 4.69) is 10.6 Å². The SMILES string of the molecule is COc1cc(NC(=O)[C@H]2[C@H](C(=O)[O-])[C@@H]3C=C[C@H]2C3)ccc1NC(=O)c1ccccc1. The number of methoxy groups -OCH3 is 1. The minimum atomic E-state index is -1.19. The molecule has 1 saturated carbocycles. The summed E-state index contributed by atoms with van der Waals surface area (Å²) in [5.41, 5.74) is 1.42. The van der Waals surface area contributed by atoms with Gasteiger partial charge in [0, 0.05) is 29.2 Å². The first-order chi connectivity index (χ1) is 14.5. The first kappa shape index (κ1) is 19.7. The van der Waals surface area contributed by atoms with Gasteiger partial charge in [0.1, 0.15) is 5.75 Å². The Kier molecular flexibility index (Phi) is 5.27. The van der Waals surface area contributed by atoms with Gasteiger partial charge in [0.2, 0.25) is 5.91 Å². The van der Waals surface area contributed by atoms with Gasteiger partial charge in [-0.15, -0.1) is 0 Å². The maximum Gasteiger partial charge on any atom is 0.255 e. The normalized spacial score (nSPS) is 23.8. The lowest BCUT2D eigenvalue weighted by Gasteiger charge is -2.27. The van der Waals surface area contributed by atoms with E-state index in [-0.39, 0.29) is 23.7 Å². The summed E-state index contributed by atoms with van der Waals surface area (Å²) in [5, 5.41) is 17.1. The van der Waals surface area contributed by atoms with E-state index in [4.69, 9.17) is 4.74 Å². The highest BCUT2D eigenvalue weighted by atomic mass is 16.5. The highest BCUT2D eigenvalue weighted by Crippen LogP contribution is 2.48. The third kappa shape index (κ3) is 3.66. The number of amides is 2. The molecule has 2 amide bonds. The van der Waals surface area contributed by atoms with Crippen LogP contribution in [-0.4, -0.2) is 24.9 Å². The maximum absolute atomic E-state index is 12.8. The fraction of sp³-hybridized carbons (Fsp3) is 0.261. The minimum Gasteiger partial charge on any atom is -0.550 e. The summed E-state index contributed by atoms with van der Waals surface area (Å²) in [7, 11) is 1.46. The Bertz CT molecular complexity index is 1020. The van der Waals surface area contributed by atoms with Crippen LogP contribution in [0.5, 0.6) is 5.75 Å². The van der Waals surface area contributed by atoms with Gasteiger partial charge < -0.3 is 25.3 Å². The summed E-state index contributed by atoms with van der Waals surface area (Å²) in [6.07, 6.45) is 4.43. The molecular weight excluding hydrogens is 384 g/mol. The Morgan fingerprint density at radius 1 is 0.967 bits per heavy atom. The second-order valence-electron chi connectivity index (χ2n) is 7.54. The molecule has 0 spiro atoms. The van der Waals surface area contributed by atoms with Crippen molar-refractivity contribution >= 4 is 29.2 Å².